The van der Waals surface area contributed by atoms with E-state index < -0.39 is 0 Å². The zero-order valence-electron chi connectivity index (χ0n) is 30.3. The van der Waals surface area contributed by atoms with Crippen LogP contribution in [0.1, 0.15) is 0 Å². The first-order chi connectivity index (χ1) is 27.2. The van der Waals surface area contributed by atoms with Gasteiger partial charge < -0.3 is 0 Å². The summed E-state index contributed by atoms with van der Waals surface area (Å²) >= 11 is 0. The van der Waals surface area contributed by atoms with Crippen molar-refractivity contribution >= 4 is 171 Å². The minimum atomic E-state index is 0.177. The van der Waals surface area contributed by atoms with Crippen molar-refractivity contribution < 1.29 is 0 Å². The number of hydrogen-bond acceptors (Lipinski definition) is 0. The van der Waals surface area contributed by atoms with Crippen LogP contribution in [0.5, 0.6) is 0 Å². The molecule has 56 heavy (non-hydrogen) atoms. The first-order valence-electron chi connectivity index (χ1n) is 18.4. The average molecular weight is 685 g/mol. The SMILES string of the molecule is [B]c1c([B])c([B])c2c(-c3cc4ccc5ccccc5c4c4ccccc34)c3c([B])c([B])c([B])c([B])c3c(-c3ccc(-c4ccccc4)c4ccccc34)c2c1[B]. The van der Waals surface area contributed by atoms with Crippen molar-refractivity contribution in [3.63, 3.8) is 0 Å². The molecule has 0 nitrogen and oxygen atoms in total. The van der Waals surface area contributed by atoms with Crippen LogP contribution in [-0.2, 0) is 0 Å². The second-order valence-corrected chi connectivity index (χ2v) is 14.5. The second-order valence-electron chi connectivity index (χ2n) is 14.5. The number of benzene rings is 10. The van der Waals surface area contributed by atoms with Crippen LogP contribution < -0.4 is 43.7 Å². The molecule has 0 atom stereocenters. The van der Waals surface area contributed by atoms with E-state index in [1.807, 2.05) is 42.5 Å². The van der Waals surface area contributed by atoms with Gasteiger partial charge in [0.25, 0.3) is 0 Å². The van der Waals surface area contributed by atoms with Gasteiger partial charge in [-0.1, -0.05) is 149 Å². The summed E-state index contributed by atoms with van der Waals surface area (Å²) in [5.74, 6) is 0. The molecule has 0 fully saturated rings. The molecule has 0 spiro atoms. The van der Waals surface area contributed by atoms with Crippen LogP contribution in [0.15, 0.2) is 133 Å². The summed E-state index contributed by atoms with van der Waals surface area (Å²) in [4.78, 5) is 0. The van der Waals surface area contributed by atoms with E-state index in [9.17, 15) is 0 Å². The molecule has 0 aliphatic heterocycles. The molecule has 0 amide bonds. The van der Waals surface area contributed by atoms with E-state index in [2.05, 4.69) is 91.0 Å². The third kappa shape index (κ3) is 4.84. The van der Waals surface area contributed by atoms with E-state index in [1.54, 1.807) is 0 Å². The first-order valence-corrected chi connectivity index (χ1v) is 18.4. The van der Waals surface area contributed by atoms with Gasteiger partial charge in [0.05, 0.1) is 0 Å². The lowest BCUT2D eigenvalue weighted by Gasteiger charge is -2.29. The number of hydrogen-bond donors (Lipinski definition) is 0. The number of rotatable bonds is 3. The standard InChI is InChI=1S/C48H22B8/c49-41-37-35(32-21-20-26(23-10-2-1-3-11-23)28-14-6-7-15-29(28)32)38-40(44(52)48(56)46(54)42(38)50)36(39(37)43(51)47(55)45(41)53)33-22-25-19-18-24-12-4-5-13-27(24)34(25)31-17-9-8-16-30(31)33/h1-22H. The minimum absolute atomic E-state index is 0.177. The topological polar surface area (TPSA) is 0 Å². The van der Waals surface area contributed by atoms with Crippen molar-refractivity contribution in [1.29, 1.82) is 0 Å². The highest BCUT2D eigenvalue weighted by Crippen LogP contribution is 2.47. The summed E-state index contributed by atoms with van der Waals surface area (Å²) in [5, 5.41) is 10.8. The van der Waals surface area contributed by atoms with Gasteiger partial charge in [-0.15, -0.1) is 21.9 Å². The zero-order valence-corrected chi connectivity index (χ0v) is 30.3. The van der Waals surface area contributed by atoms with Gasteiger partial charge in [-0.05, 0) is 104 Å². The maximum atomic E-state index is 7.18. The van der Waals surface area contributed by atoms with Crippen LogP contribution in [0.25, 0.3) is 98.0 Å². The monoisotopic (exact) mass is 686 g/mol. The van der Waals surface area contributed by atoms with Crippen molar-refractivity contribution in [2.24, 2.45) is 0 Å². The molecule has 0 aliphatic carbocycles. The van der Waals surface area contributed by atoms with Crippen LogP contribution in [0.2, 0.25) is 0 Å². The molecule has 10 aromatic rings. The van der Waals surface area contributed by atoms with E-state index in [4.69, 9.17) is 62.8 Å². The Balaban J connectivity index is 1.48. The molecule has 8 heteroatoms. The van der Waals surface area contributed by atoms with Gasteiger partial charge in [-0.25, -0.2) is 0 Å². The maximum Gasteiger partial charge on any atom is 0.113 e. The highest BCUT2D eigenvalue weighted by molar-refractivity contribution is 6.71. The molecular formula is C48H22B8. The van der Waals surface area contributed by atoms with Gasteiger partial charge in [0.15, 0.2) is 0 Å². The Morgan fingerprint density at radius 2 is 0.643 bits per heavy atom. The highest BCUT2D eigenvalue weighted by atomic mass is 14.3. The minimum Gasteiger partial charge on any atom is -0.110 e. The fourth-order valence-electron chi connectivity index (χ4n) is 8.96. The Bertz CT molecular complexity index is 3250. The summed E-state index contributed by atoms with van der Waals surface area (Å²) in [6.07, 6.45) is 0. The maximum absolute atomic E-state index is 7.18. The lowest BCUT2D eigenvalue weighted by atomic mass is 9.59. The lowest BCUT2D eigenvalue weighted by Crippen LogP contribution is -2.50. The predicted octanol–water partition coefficient (Wildman–Crippen LogP) is 3.96. The fourth-order valence-corrected chi connectivity index (χ4v) is 8.96. The molecule has 0 aliphatic rings. The molecule has 0 aromatic heterocycles. The summed E-state index contributed by atoms with van der Waals surface area (Å²) in [5.41, 5.74) is 6.98. The molecule has 0 heterocycles. The number of fused-ring (bicyclic) bond motifs is 8. The third-order valence-electron chi connectivity index (χ3n) is 11.6. The Labute approximate surface area is 336 Å². The molecule has 10 aromatic carbocycles. The predicted molar refractivity (Wildman–Crippen MR) is 251 cm³/mol. The lowest BCUT2D eigenvalue weighted by molar-refractivity contribution is 1.65. The Morgan fingerprint density at radius 1 is 0.250 bits per heavy atom. The smallest absolute Gasteiger partial charge is 0.110 e. The molecular weight excluding hydrogens is 663 g/mol. The van der Waals surface area contributed by atoms with Gasteiger partial charge in [0.1, 0.15) is 62.8 Å². The van der Waals surface area contributed by atoms with E-state index in [-0.39, 0.29) is 43.7 Å². The van der Waals surface area contributed by atoms with Gasteiger partial charge in [-0.2, -0.15) is 0 Å². The molecule has 0 saturated heterocycles. The van der Waals surface area contributed by atoms with E-state index in [0.717, 1.165) is 65.3 Å². The van der Waals surface area contributed by atoms with Gasteiger partial charge in [0, 0.05) is 0 Å². The molecule has 0 N–H and O–H groups in total. The van der Waals surface area contributed by atoms with Crippen molar-refractivity contribution in [3.8, 4) is 33.4 Å². The van der Waals surface area contributed by atoms with Crippen LogP contribution in [0.4, 0.5) is 0 Å². The molecule has 238 valence electrons. The average Bonchev–Trinajstić information content (AvgIpc) is 3.24. The molecule has 0 bridgehead atoms. The quantitative estimate of drug-likeness (QED) is 0.150. The third-order valence-corrected chi connectivity index (χ3v) is 11.6. The molecule has 16 radical (unpaired) electrons. The van der Waals surface area contributed by atoms with Gasteiger partial charge in [0.2, 0.25) is 0 Å². The fraction of sp³-hybridized carbons (Fsp3) is 0. The van der Waals surface area contributed by atoms with Crippen molar-refractivity contribution in [3.05, 3.63) is 133 Å². The highest BCUT2D eigenvalue weighted by Gasteiger charge is 2.27. The van der Waals surface area contributed by atoms with E-state index >= 15 is 0 Å². The van der Waals surface area contributed by atoms with Gasteiger partial charge in [-0.3, -0.25) is 0 Å². The van der Waals surface area contributed by atoms with Crippen LogP contribution in [0, 0.1) is 0 Å². The molecule has 0 unspecified atom stereocenters. The Hall–Kier alpha value is -5.72. The summed E-state index contributed by atoms with van der Waals surface area (Å²) in [6.45, 7) is 0. The summed E-state index contributed by atoms with van der Waals surface area (Å²) < 4.78 is 0. The van der Waals surface area contributed by atoms with Crippen LogP contribution >= 0.6 is 0 Å². The molecule has 10 rings (SSSR count). The molecule has 0 saturated carbocycles. The van der Waals surface area contributed by atoms with Crippen molar-refractivity contribution in [1.82, 2.24) is 0 Å². The van der Waals surface area contributed by atoms with Crippen molar-refractivity contribution in [2.75, 3.05) is 0 Å². The normalized spacial score (nSPS) is 11.8. The van der Waals surface area contributed by atoms with Crippen LogP contribution in [-0.4, -0.2) is 62.8 Å². The Morgan fingerprint density at radius 3 is 1.20 bits per heavy atom. The van der Waals surface area contributed by atoms with Crippen molar-refractivity contribution in [2.45, 2.75) is 0 Å². The summed E-state index contributed by atoms with van der Waals surface area (Å²) in [7, 11) is 55.7. The summed E-state index contributed by atoms with van der Waals surface area (Å²) in [6, 6.07) is 45.9. The first kappa shape index (κ1) is 34.7. The Kier molecular flexibility index (Phi) is 8.02. The van der Waals surface area contributed by atoms with E-state index in [1.165, 1.54) is 0 Å². The second kappa shape index (κ2) is 12.9. The van der Waals surface area contributed by atoms with Crippen LogP contribution in [0.3, 0.4) is 0 Å². The van der Waals surface area contributed by atoms with E-state index in [0.29, 0.717) is 32.7 Å². The zero-order chi connectivity index (χ0) is 38.6. The largest absolute Gasteiger partial charge is 0.113 e. The van der Waals surface area contributed by atoms with Gasteiger partial charge >= 0.3 is 0 Å².